The van der Waals surface area contributed by atoms with Crippen molar-refractivity contribution < 1.29 is 18.8 Å². The highest BCUT2D eigenvalue weighted by Crippen LogP contribution is 2.32. The molecule has 0 saturated carbocycles. The molecule has 114 valence electrons. The zero-order chi connectivity index (χ0) is 15.3. The van der Waals surface area contributed by atoms with Crippen LogP contribution in [-0.4, -0.2) is 45.9 Å². The Morgan fingerprint density at radius 1 is 1.55 bits per heavy atom. The van der Waals surface area contributed by atoms with Gasteiger partial charge in [-0.3, -0.25) is 10.1 Å². The summed E-state index contributed by atoms with van der Waals surface area (Å²) in [7, 11) is 0. The highest BCUT2D eigenvalue weighted by atomic mass is 19.3. The van der Waals surface area contributed by atoms with E-state index in [1.54, 1.807) is 0 Å². The molecular formula is C11H18F2N4O3. The predicted octanol–water partition coefficient (Wildman–Crippen LogP) is 1.57. The quantitative estimate of drug-likeness (QED) is 0.581. The largest absolute Gasteiger partial charge is 0.395 e. The zero-order valence-electron chi connectivity index (χ0n) is 11.4. The van der Waals surface area contributed by atoms with E-state index in [1.165, 1.54) is 11.6 Å². The molecule has 0 aliphatic carbocycles. The highest BCUT2D eigenvalue weighted by molar-refractivity contribution is 5.61. The van der Waals surface area contributed by atoms with Crippen molar-refractivity contribution in [2.75, 3.05) is 24.6 Å². The maximum atomic E-state index is 12.6. The third-order valence-electron chi connectivity index (χ3n) is 2.72. The molecule has 0 amide bonds. The van der Waals surface area contributed by atoms with Gasteiger partial charge in [0.25, 0.3) is 6.43 Å². The minimum Gasteiger partial charge on any atom is -0.395 e. The lowest BCUT2D eigenvalue weighted by Crippen LogP contribution is -2.34. The molecule has 0 bridgehead atoms. The summed E-state index contributed by atoms with van der Waals surface area (Å²) in [6.07, 6.45) is -2.00. The van der Waals surface area contributed by atoms with Crippen molar-refractivity contribution in [2.45, 2.75) is 33.2 Å². The minimum atomic E-state index is -2.66. The number of aryl methyl sites for hydroxylation is 2. The third-order valence-corrected chi connectivity index (χ3v) is 2.72. The van der Waals surface area contributed by atoms with E-state index >= 15 is 0 Å². The normalized spacial score (nSPS) is 11.1. The predicted molar refractivity (Wildman–Crippen MR) is 69.2 cm³/mol. The number of hydrogen-bond acceptors (Lipinski definition) is 5. The maximum absolute atomic E-state index is 12.6. The van der Waals surface area contributed by atoms with Crippen LogP contribution in [0.25, 0.3) is 0 Å². The van der Waals surface area contributed by atoms with Crippen LogP contribution in [0.2, 0.25) is 0 Å². The summed E-state index contributed by atoms with van der Waals surface area (Å²) in [5, 5.41) is 24.2. The van der Waals surface area contributed by atoms with Gasteiger partial charge in [0.2, 0.25) is 5.82 Å². The van der Waals surface area contributed by atoms with Crippen LogP contribution in [0.15, 0.2) is 0 Å². The number of aromatic nitrogens is 2. The van der Waals surface area contributed by atoms with Gasteiger partial charge in [0.05, 0.1) is 18.1 Å². The first-order chi connectivity index (χ1) is 9.42. The molecule has 0 aliphatic heterocycles. The summed E-state index contributed by atoms with van der Waals surface area (Å²) in [6.45, 7) is 2.54. The first kappa shape index (κ1) is 16.3. The molecule has 0 unspecified atom stereocenters. The maximum Gasteiger partial charge on any atom is 0.333 e. The van der Waals surface area contributed by atoms with Gasteiger partial charge in [0.1, 0.15) is 5.69 Å². The van der Waals surface area contributed by atoms with Gasteiger partial charge in [-0.15, -0.1) is 0 Å². The second kappa shape index (κ2) is 7.13. The molecule has 0 spiro atoms. The van der Waals surface area contributed by atoms with Crippen LogP contribution in [0.5, 0.6) is 0 Å². The number of nitrogens with zero attached hydrogens (tertiary/aromatic N) is 4. The molecule has 1 aromatic rings. The van der Waals surface area contributed by atoms with Gasteiger partial charge < -0.3 is 10.0 Å². The monoisotopic (exact) mass is 292 g/mol. The van der Waals surface area contributed by atoms with E-state index in [0.29, 0.717) is 13.0 Å². The summed E-state index contributed by atoms with van der Waals surface area (Å²) in [5.74, 6) is 0.0312. The average molecular weight is 292 g/mol. The van der Waals surface area contributed by atoms with Crippen molar-refractivity contribution in [1.29, 1.82) is 0 Å². The highest BCUT2D eigenvalue weighted by Gasteiger charge is 2.30. The molecule has 0 atom stereocenters. The van der Waals surface area contributed by atoms with Crippen molar-refractivity contribution >= 4 is 11.5 Å². The number of nitro groups is 1. The van der Waals surface area contributed by atoms with Gasteiger partial charge in [-0.05, 0) is 13.3 Å². The Morgan fingerprint density at radius 2 is 2.20 bits per heavy atom. The molecular weight excluding hydrogens is 274 g/mol. The van der Waals surface area contributed by atoms with Gasteiger partial charge in [-0.25, -0.2) is 13.5 Å². The second-order valence-electron chi connectivity index (χ2n) is 4.30. The smallest absolute Gasteiger partial charge is 0.333 e. The van der Waals surface area contributed by atoms with Crippen LogP contribution in [0.3, 0.4) is 0 Å². The fourth-order valence-corrected chi connectivity index (χ4v) is 2.03. The van der Waals surface area contributed by atoms with E-state index in [1.807, 2.05) is 6.92 Å². The summed E-state index contributed by atoms with van der Waals surface area (Å²) >= 11 is 0. The van der Waals surface area contributed by atoms with Crippen LogP contribution in [-0.2, 0) is 6.54 Å². The van der Waals surface area contributed by atoms with E-state index in [9.17, 15) is 18.9 Å². The molecule has 0 fully saturated rings. The number of hydrogen-bond donors (Lipinski definition) is 1. The van der Waals surface area contributed by atoms with Gasteiger partial charge in [0.15, 0.2) is 0 Å². The average Bonchev–Trinajstić information content (AvgIpc) is 2.65. The first-order valence-electron chi connectivity index (χ1n) is 6.28. The molecule has 0 saturated heterocycles. The third kappa shape index (κ3) is 3.62. The standard InChI is InChI=1S/C11H18F2N4O3/c1-3-4-16-11(10(17(19)20)8(2)14-16)15(5-6-18)7-9(12)13/h9,18H,3-7H2,1-2H3. The van der Waals surface area contributed by atoms with Crippen molar-refractivity contribution in [2.24, 2.45) is 0 Å². The Kier molecular flexibility index (Phi) is 5.81. The molecule has 1 heterocycles. The Hall–Kier alpha value is -1.77. The van der Waals surface area contributed by atoms with E-state index in [-0.39, 0.29) is 30.4 Å². The van der Waals surface area contributed by atoms with E-state index in [2.05, 4.69) is 5.10 Å². The molecule has 1 N–H and O–H groups in total. The summed E-state index contributed by atoms with van der Waals surface area (Å²) in [4.78, 5) is 11.6. The zero-order valence-corrected chi connectivity index (χ0v) is 11.4. The van der Waals surface area contributed by atoms with Gasteiger partial charge in [-0.1, -0.05) is 6.92 Å². The second-order valence-corrected chi connectivity index (χ2v) is 4.30. The van der Waals surface area contributed by atoms with Crippen LogP contribution < -0.4 is 4.90 Å². The van der Waals surface area contributed by atoms with Crippen LogP contribution in [0.4, 0.5) is 20.3 Å². The Bertz CT molecular complexity index is 465. The van der Waals surface area contributed by atoms with Crippen molar-refractivity contribution in [1.82, 2.24) is 9.78 Å². The molecule has 9 heteroatoms. The summed E-state index contributed by atoms with van der Waals surface area (Å²) < 4.78 is 26.6. The lowest BCUT2D eigenvalue weighted by atomic mass is 10.3. The molecule has 7 nitrogen and oxygen atoms in total. The summed E-state index contributed by atoms with van der Waals surface area (Å²) in [6, 6.07) is 0. The fraction of sp³-hybridized carbons (Fsp3) is 0.727. The van der Waals surface area contributed by atoms with E-state index in [0.717, 1.165) is 4.90 Å². The Balaban J connectivity index is 3.30. The number of anilines is 1. The van der Waals surface area contributed by atoms with E-state index < -0.39 is 17.9 Å². The number of halogens is 2. The fourth-order valence-electron chi connectivity index (χ4n) is 2.03. The summed E-state index contributed by atoms with van der Waals surface area (Å²) in [5.41, 5.74) is -0.108. The first-order valence-corrected chi connectivity index (χ1v) is 6.28. The van der Waals surface area contributed by atoms with Crippen LogP contribution >= 0.6 is 0 Å². The molecule has 1 rings (SSSR count). The lowest BCUT2D eigenvalue weighted by Gasteiger charge is -2.23. The Labute approximate surface area is 114 Å². The van der Waals surface area contributed by atoms with Crippen molar-refractivity contribution in [3.05, 3.63) is 15.8 Å². The van der Waals surface area contributed by atoms with Gasteiger partial charge >= 0.3 is 5.69 Å². The van der Waals surface area contributed by atoms with Gasteiger partial charge in [0, 0.05) is 13.1 Å². The molecule has 20 heavy (non-hydrogen) atoms. The van der Waals surface area contributed by atoms with Crippen LogP contribution in [0, 0.1) is 17.0 Å². The molecule has 1 aromatic heterocycles. The number of rotatable bonds is 8. The Morgan fingerprint density at radius 3 is 2.65 bits per heavy atom. The molecule has 0 aliphatic rings. The van der Waals surface area contributed by atoms with Crippen molar-refractivity contribution in [3.8, 4) is 0 Å². The van der Waals surface area contributed by atoms with E-state index in [4.69, 9.17) is 5.11 Å². The number of aliphatic hydroxyl groups is 1. The number of aliphatic hydroxyl groups excluding tert-OH is 1. The van der Waals surface area contributed by atoms with Gasteiger partial charge in [-0.2, -0.15) is 5.10 Å². The van der Waals surface area contributed by atoms with Crippen molar-refractivity contribution in [3.63, 3.8) is 0 Å². The minimum absolute atomic E-state index is 0.0312. The molecule has 0 aromatic carbocycles. The topological polar surface area (TPSA) is 84.4 Å². The lowest BCUT2D eigenvalue weighted by molar-refractivity contribution is -0.384. The van der Waals surface area contributed by atoms with Crippen LogP contribution in [0.1, 0.15) is 19.0 Å². The SMILES string of the molecule is CCCn1nc(C)c([N+](=O)[O-])c1N(CCO)CC(F)F. The number of alkyl halides is 2. The molecule has 0 radical (unpaired) electrons.